The van der Waals surface area contributed by atoms with Gasteiger partial charge in [0.1, 0.15) is 17.4 Å². The summed E-state index contributed by atoms with van der Waals surface area (Å²) in [6, 6.07) is 12.4. The topological polar surface area (TPSA) is 129 Å². The normalized spacial score (nSPS) is 15.9. The third-order valence-electron chi connectivity index (χ3n) is 8.31. The number of carbonyl (C=O) groups excluding carboxylic acids is 3. The first-order chi connectivity index (χ1) is 21.6. The summed E-state index contributed by atoms with van der Waals surface area (Å²) in [5.41, 5.74) is 0.393. The van der Waals surface area contributed by atoms with E-state index in [1.807, 2.05) is 36.4 Å². The van der Waals surface area contributed by atoms with Crippen molar-refractivity contribution in [3.05, 3.63) is 53.6 Å². The van der Waals surface area contributed by atoms with Gasteiger partial charge in [-0.15, -0.1) is 0 Å². The van der Waals surface area contributed by atoms with E-state index in [1.54, 1.807) is 54.9 Å². The van der Waals surface area contributed by atoms with Gasteiger partial charge in [0.25, 0.3) is 5.91 Å². The number of Topliss-reactive ketones (excluding diaryl/α,β-unsaturated/α-hetero) is 1. The fraction of sp³-hybridized carbons (Fsp3) is 0.556. The van der Waals surface area contributed by atoms with Crippen molar-refractivity contribution >= 4 is 23.6 Å². The molecule has 252 valence electrons. The maximum absolute atomic E-state index is 13.5. The molecule has 10 nitrogen and oxygen atoms in total. The van der Waals surface area contributed by atoms with E-state index in [1.165, 1.54) is 4.90 Å². The number of aliphatic carboxylic acids is 1. The number of likely N-dealkylation sites (tertiary alicyclic amines) is 1. The molecule has 1 aliphatic heterocycles. The van der Waals surface area contributed by atoms with Crippen LogP contribution in [0.15, 0.2) is 42.5 Å². The molecule has 2 aromatic carbocycles. The zero-order chi connectivity index (χ0) is 34.1. The standard InChI is InChI=1S/C36H49NO9/c1-35(2,3)46-31(38)23-45-27-12-10-11-26(22-27)25(16-14-24-15-17-29(43-6)30(21-24)44-7)18-19-36(4,5)32(39)33(40)37-20-9-8-13-28(37)34(41)42/h10-12,15,17,21-22,25,28H,8-9,13-14,16,18-20,23H2,1-7H3,(H,41,42)/t25-,28+/m1/s1. The van der Waals surface area contributed by atoms with E-state index in [0.717, 1.165) is 17.5 Å². The van der Waals surface area contributed by atoms with Gasteiger partial charge in [0.05, 0.1) is 14.2 Å². The molecule has 0 saturated carbocycles. The summed E-state index contributed by atoms with van der Waals surface area (Å²) in [4.78, 5) is 52.1. The third kappa shape index (κ3) is 10.2. The first-order valence-electron chi connectivity index (χ1n) is 15.9. The van der Waals surface area contributed by atoms with Crippen molar-refractivity contribution in [3.8, 4) is 17.2 Å². The lowest BCUT2D eigenvalue weighted by Crippen LogP contribution is -2.52. The number of methoxy groups -OCH3 is 2. The van der Waals surface area contributed by atoms with E-state index in [2.05, 4.69) is 0 Å². The fourth-order valence-electron chi connectivity index (χ4n) is 5.73. The quantitative estimate of drug-likeness (QED) is 0.185. The number of aryl methyl sites for hydroxylation is 1. The predicted molar refractivity (Wildman–Crippen MR) is 173 cm³/mol. The van der Waals surface area contributed by atoms with Crippen molar-refractivity contribution < 1.29 is 43.2 Å². The number of rotatable bonds is 15. The van der Waals surface area contributed by atoms with E-state index in [9.17, 15) is 24.3 Å². The second kappa shape index (κ2) is 16.0. The first kappa shape index (κ1) is 36.4. The van der Waals surface area contributed by atoms with Gasteiger partial charge < -0.3 is 29.0 Å². The van der Waals surface area contributed by atoms with Crippen LogP contribution < -0.4 is 14.2 Å². The van der Waals surface area contributed by atoms with E-state index < -0.39 is 40.7 Å². The minimum atomic E-state index is -1.08. The molecule has 0 unspecified atom stereocenters. The smallest absolute Gasteiger partial charge is 0.344 e. The molecule has 1 saturated heterocycles. The number of ether oxygens (including phenoxy) is 4. The SMILES string of the molecule is COc1ccc(CC[C@H](CCC(C)(C)C(=O)C(=O)N2CCCC[C@H]2C(=O)O)c2cccc(OCC(=O)OC(C)(C)C)c2)cc1OC. The molecule has 3 rings (SSSR count). The van der Waals surface area contributed by atoms with E-state index >= 15 is 0 Å². The van der Waals surface area contributed by atoms with Crippen LogP contribution in [0, 0.1) is 5.41 Å². The number of benzene rings is 2. The van der Waals surface area contributed by atoms with Crippen LogP contribution in [0.2, 0.25) is 0 Å². The second-order valence-electron chi connectivity index (χ2n) is 13.5. The number of piperidine rings is 1. The molecule has 1 amide bonds. The lowest BCUT2D eigenvalue weighted by atomic mass is 9.77. The Kier molecular flexibility index (Phi) is 12.6. The van der Waals surface area contributed by atoms with Crippen LogP contribution in [0.1, 0.15) is 90.2 Å². The minimum Gasteiger partial charge on any atom is -0.493 e. The molecule has 1 fully saturated rings. The summed E-state index contributed by atoms with van der Waals surface area (Å²) in [5, 5.41) is 9.64. The van der Waals surface area contributed by atoms with Crippen molar-refractivity contribution in [2.45, 2.75) is 97.1 Å². The maximum Gasteiger partial charge on any atom is 0.344 e. The van der Waals surface area contributed by atoms with Gasteiger partial charge in [0, 0.05) is 12.0 Å². The third-order valence-corrected chi connectivity index (χ3v) is 8.31. The Morgan fingerprint density at radius 3 is 2.30 bits per heavy atom. The van der Waals surface area contributed by atoms with E-state index in [4.69, 9.17) is 18.9 Å². The Balaban J connectivity index is 1.80. The summed E-state index contributed by atoms with van der Waals surface area (Å²) in [7, 11) is 3.18. The number of esters is 1. The Hall–Kier alpha value is -4.08. The molecule has 2 atom stereocenters. The molecule has 2 aromatic rings. The molecular weight excluding hydrogens is 590 g/mol. The molecule has 0 aliphatic carbocycles. The molecule has 0 aromatic heterocycles. The highest BCUT2D eigenvalue weighted by molar-refractivity contribution is 6.38. The van der Waals surface area contributed by atoms with Crippen LogP contribution in [0.3, 0.4) is 0 Å². The molecule has 0 bridgehead atoms. The molecular formula is C36H49NO9. The number of ketones is 1. The van der Waals surface area contributed by atoms with Crippen molar-refractivity contribution in [2.24, 2.45) is 5.41 Å². The Morgan fingerprint density at radius 1 is 0.935 bits per heavy atom. The van der Waals surface area contributed by atoms with Gasteiger partial charge in [-0.05, 0) is 107 Å². The summed E-state index contributed by atoms with van der Waals surface area (Å²) in [6.07, 6.45) is 4.14. The highest BCUT2D eigenvalue weighted by Gasteiger charge is 2.41. The van der Waals surface area contributed by atoms with Gasteiger partial charge in [-0.1, -0.05) is 32.0 Å². The molecule has 1 heterocycles. The highest BCUT2D eigenvalue weighted by Crippen LogP contribution is 2.36. The Bertz CT molecular complexity index is 1380. The Labute approximate surface area is 272 Å². The van der Waals surface area contributed by atoms with Crippen LogP contribution in [-0.4, -0.2) is 72.6 Å². The number of carboxylic acids is 1. The molecule has 0 spiro atoms. The highest BCUT2D eigenvalue weighted by atomic mass is 16.6. The van der Waals surface area contributed by atoms with Gasteiger partial charge in [0.15, 0.2) is 18.1 Å². The zero-order valence-corrected chi connectivity index (χ0v) is 28.2. The molecule has 1 N–H and O–H groups in total. The summed E-state index contributed by atoms with van der Waals surface area (Å²) in [6.45, 7) is 8.93. The van der Waals surface area contributed by atoms with Crippen LogP contribution in [0.25, 0.3) is 0 Å². The average Bonchev–Trinajstić information content (AvgIpc) is 3.02. The molecule has 1 aliphatic rings. The van der Waals surface area contributed by atoms with Gasteiger partial charge in [-0.25, -0.2) is 9.59 Å². The van der Waals surface area contributed by atoms with Crippen LogP contribution >= 0.6 is 0 Å². The van der Waals surface area contributed by atoms with E-state index in [0.29, 0.717) is 55.8 Å². The summed E-state index contributed by atoms with van der Waals surface area (Å²) in [5.74, 6) is -1.07. The minimum absolute atomic E-state index is 0.0258. The average molecular weight is 640 g/mol. The number of hydrogen-bond acceptors (Lipinski definition) is 8. The number of hydrogen-bond donors (Lipinski definition) is 1. The fourth-order valence-corrected chi connectivity index (χ4v) is 5.73. The first-order valence-corrected chi connectivity index (χ1v) is 15.9. The Morgan fingerprint density at radius 2 is 1.65 bits per heavy atom. The number of nitrogens with zero attached hydrogens (tertiary/aromatic N) is 1. The van der Waals surface area contributed by atoms with Crippen molar-refractivity contribution in [2.75, 3.05) is 27.4 Å². The van der Waals surface area contributed by atoms with E-state index in [-0.39, 0.29) is 19.1 Å². The predicted octanol–water partition coefficient (Wildman–Crippen LogP) is 5.98. The van der Waals surface area contributed by atoms with Crippen molar-refractivity contribution in [1.29, 1.82) is 0 Å². The molecule has 46 heavy (non-hydrogen) atoms. The largest absolute Gasteiger partial charge is 0.493 e. The summed E-state index contributed by atoms with van der Waals surface area (Å²) >= 11 is 0. The van der Waals surface area contributed by atoms with Gasteiger partial charge in [0.2, 0.25) is 5.78 Å². The molecule has 0 radical (unpaired) electrons. The number of carbonyl (C=O) groups is 4. The van der Waals surface area contributed by atoms with Gasteiger partial charge in [-0.3, -0.25) is 9.59 Å². The monoisotopic (exact) mass is 639 g/mol. The lowest BCUT2D eigenvalue weighted by molar-refractivity contribution is -0.158. The molecule has 10 heteroatoms. The van der Waals surface area contributed by atoms with Crippen molar-refractivity contribution in [3.63, 3.8) is 0 Å². The maximum atomic E-state index is 13.5. The zero-order valence-electron chi connectivity index (χ0n) is 28.2. The van der Waals surface area contributed by atoms with Gasteiger partial charge in [-0.2, -0.15) is 0 Å². The summed E-state index contributed by atoms with van der Waals surface area (Å²) < 4.78 is 22.0. The lowest BCUT2D eigenvalue weighted by Gasteiger charge is -2.35. The van der Waals surface area contributed by atoms with Gasteiger partial charge >= 0.3 is 11.9 Å². The van der Waals surface area contributed by atoms with Crippen LogP contribution in [0.5, 0.6) is 17.2 Å². The van der Waals surface area contributed by atoms with Crippen LogP contribution in [-0.2, 0) is 30.3 Å². The number of carboxylic acid groups (broad SMARTS) is 1. The second-order valence-corrected chi connectivity index (χ2v) is 13.5. The van der Waals surface area contributed by atoms with Crippen molar-refractivity contribution in [1.82, 2.24) is 4.90 Å². The number of amides is 1. The van der Waals surface area contributed by atoms with Crippen LogP contribution in [0.4, 0.5) is 0 Å².